The van der Waals surface area contributed by atoms with E-state index in [2.05, 4.69) is 4.98 Å². The van der Waals surface area contributed by atoms with Gasteiger partial charge in [-0.25, -0.2) is 0 Å². The molecule has 1 unspecified atom stereocenters. The first-order valence-electron chi connectivity index (χ1n) is 9.02. The van der Waals surface area contributed by atoms with Crippen LogP contribution >= 0.6 is 0 Å². The van der Waals surface area contributed by atoms with E-state index in [1.165, 1.54) is 4.90 Å². The number of ether oxygens (including phenoxy) is 1. The third-order valence-electron chi connectivity index (χ3n) is 5.04. The maximum absolute atomic E-state index is 12.9. The van der Waals surface area contributed by atoms with E-state index in [0.717, 1.165) is 16.5 Å². The number of nitrogens with one attached hydrogen (secondary N) is 1. The van der Waals surface area contributed by atoms with E-state index < -0.39 is 17.7 Å². The average Bonchev–Trinajstić information content (AvgIpc) is 3.26. The highest BCUT2D eigenvalue weighted by Crippen LogP contribution is 2.40. The van der Waals surface area contributed by atoms with Crippen LogP contribution in [0.5, 0.6) is 0 Å². The molecule has 1 aliphatic rings. The molecule has 6 heteroatoms. The number of carbonyl (C=O) groups is 2. The highest BCUT2D eigenvalue weighted by Gasteiger charge is 2.46. The van der Waals surface area contributed by atoms with Crippen LogP contribution in [0.1, 0.15) is 17.2 Å². The van der Waals surface area contributed by atoms with Crippen molar-refractivity contribution in [3.63, 3.8) is 0 Å². The number of rotatable bonds is 5. The molecule has 1 aliphatic heterocycles. The topological polar surface area (TPSA) is 82.6 Å². The molecule has 6 nitrogen and oxygen atoms in total. The number of carbonyl (C=O) groups excluding carboxylic acids is 2. The van der Waals surface area contributed by atoms with Gasteiger partial charge in [-0.15, -0.1) is 0 Å². The second kappa shape index (κ2) is 7.32. The quantitative estimate of drug-likeness (QED) is 0.407. The van der Waals surface area contributed by atoms with E-state index in [-0.39, 0.29) is 17.9 Å². The van der Waals surface area contributed by atoms with Crippen LogP contribution in [0.25, 0.3) is 16.7 Å². The van der Waals surface area contributed by atoms with Gasteiger partial charge in [-0.05, 0) is 11.6 Å². The number of H-pyrrole nitrogens is 1. The first kappa shape index (κ1) is 18.0. The van der Waals surface area contributed by atoms with E-state index in [4.69, 9.17) is 4.74 Å². The van der Waals surface area contributed by atoms with E-state index >= 15 is 0 Å². The van der Waals surface area contributed by atoms with Crippen molar-refractivity contribution in [2.45, 2.75) is 6.04 Å². The SMILES string of the molecule is COCCN1C(=O)C(=O)/C(=C(\O)c2c[nH]c3ccccc23)C1c1ccccc1. The molecule has 1 atom stereocenters. The van der Waals surface area contributed by atoms with Crippen molar-refractivity contribution in [2.75, 3.05) is 20.3 Å². The second-order valence-corrected chi connectivity index (χ2v) is 6.64. The number of aliphatic hydroxyl groups is 1. The Morgan fingerprint density at radius 2 is 1.82 bits per heavy atom. The summed E-state index contributed by atoms with van der Waals surface area (Å²) in [5.41, 5.74) is 2.20. The summed E-state index contributed by atoms with van der Waals surface area (Å²) in [6.07, 6.45) is 1.66. The summed E-state index contributed by atoms with van der Waals surface area (Å²) in [6, 6.07) is 16.1. The van der Waals surface area contributed by atoms with Gasteiger partial charge in [0, 0.05) is 36.3 Å². The Labute approximate surface area is 162 Å². The largest absolute Gasteiger partial charge is 0.507 e. The molecule has 4 rings (SSSR count). The number of aliphatic hydroxyl groups excluding tert-OH is 1. The summed E-state index contributed by atoms with van der Waals surface area (Å²) >= 11 is 0. The number of hydrogen-bond acceptors (Lipinski definition) is 4. The summed E-state index contributed by atoms with van der Waals surface area (Å²) < 4.78 is 5.11. The number of methoxy groups -OCH3 is 1. The molecule has 28 heavy (non-hydrogen) atoms. The van der Waals surface area contributed by atoms with Crippen LogP contribution in [0.2, 0.25) is 0 Å². The minimum Gasteiger partial charge on any atom is -0.507 e. The first-order valence-corrected chi connectivity index (χ1v) is 9.02. The Bertz CT molecular complexity index is 1070. The van der Waals surface area contributed by atoms with Crippen LogP contribution in [0, 0.1) is 0 Å². The molecule has 2 heterocycles. The van der Waals surface area contributed by atoms with E-state index in [9.17, 15) is 14.7 Å². The fraction of sp³-hybridized carbons (Fsp3) is 0.182. The Morgan fingerprint density at radius 3 is 2.57 bits per heavy atom. The number of ketones is 1. The predicted molar refractivity (Wildman–Crippen MR) is 106 cm³/mol. The molecule has 1 amide bonds. The van der Waals surface area contributed by atoms with Gasteiger partial charge in [0.25, 0.3) is 11.7 Å². The molecular weight excluding hydrogens is 356 g/mol. The van der Waals surface area contributed by atoms with Crippen molar-refractivity contribution >= 4 is 28.4 Å². The minimum atomic E-state index is -0.687. The molecule has 1 saturated heterocycles. The molecule has 0 spiro atoms. The van der Waals surface area contributed by atoms with Gasteiger partial charge in [-0.1, -0.05) is 48.5 Å². The van der Waals surface area contributed by atoms with Crippen LogP contribution in [0.3, 0.4) is 0 Å². The molecule has 2 N–H and O–H groups in total. The van der Waals surface area contributed by atoms with Crippen LogP contribution < -0.4 is 0 Å². The van der Waals surface area contributed by atoms with Gasteiger partial charge in [0.05, 0.1) is 18.2 Å². The lowest BCUT2D eigenvalue weighted by molar-refractivity contribution is -0.140. The standard InChI is InChI=1S/C22H20N2O4/c1-28-12-11-24-19(14-7-3-2-4-8-14)18(21(26)22(24)27)20(25)16-13-23-17-10-6-5-9-15(16)17/h2-10,13,19,23,25H,11-12H2,1H3/b20-18-. The number of amides is 1. The minimum absolute atomic E-state index is 0.0945. The zero-order valence-electron chi connectivity index (χ0n) is 15.4. The summed E-state index contributed by atoms with van der Waals surface area (Å²) in [7, 11) is 1.54. The van der Waals surface area contributed by atoms with Gasteiger partial charge in [0.15, 0.2) is 0 Å². The third kappa shape index (κ3) is 2.88. The number of hydrogen-bond donors (Lipinski definition) is 2. The van der Waals surface area contributed by atoms with E-state index in [1.807, 2.05) is 54.6 Å². The van der Waals surface area contributed by atoms with Gasteiger partial charge < -0.3 is 19.7 Å². The van der Waals surface area contributed by atoms with Crippen LogP contribution in [0.15, 0.2) is 66.4 Å². The molecule has 2 aromatic carbocycles. The fourth-order valence-electron chi connectivity index (χ4n) is 3.69. The maximum atomic E-state index is 12.9. The van der Waals surface area contributed by atoms with Gasteiger partial charge in [0.1, 0.15) is 5.76 Å². The first-order chi connectivity index (χ1) is 13.6. The number of Topliss-reactive ketones (excluding diaryl/α,β-unsaturated/α-hetero) is 1. The monoisotopic (exact) mass is 376 g/mol. The lowest BCUT2D eigenvalue weighted by Crippen LogP contribution is -2.32. The predicted octanol–water partition coefficient (Wildman–Crippen LogP) is 3.24. The number of likely N-dealkylation sites (tertiary alicyclic amines) is 1. The van der Waals surface area contributed by atoms with Crippen molar-refractivity contribution in [3.8, 4) is 0 Å². The average molecular weight is 376 g/mol. The zero-order chi connectivity index (χ0) is 19.7. The van der Waals surface area contributed by atoms with Crippen LogP contribution in [-0.2, 0) is 14.3 Å². The van der Waals surface area contributed by atoms with Crippen molar-refractivity contribution in [1.82, 2.24) is 9.88 Å². The van der Waals surface area contributed by atoms with Crippen LogP contribution in [-0.4, -0.2) is 46.9 Å². The molecule has 0 bridgehead atoms. The van der Waals surface area contributed by atoms with Gasteiger partial charge in [0.2, 0.25) is 0 Å². The number of aromatic nitrogens is 1. The molecule has 3 aromatic rings. The molecule has 142 valence electrons. The molecule has 1 aromatic heterocycles. The summed E-state index contributed by atoms with van der Waals surface area (Å²) in [6.45, 7) is 0.550. The lowest BCUT2D eigenvalue weighted by atomic mass is 9.95. The van der Waals surface area contributed by atoms with E-state index in [0.29, 0.717) is 12.2 Å². The van der Waals surface area contributed by atoms with E-state index in [1.54, 1.807) is 13.3 Å². The van der Waals surface area contributed by atoms with Crippen molar-refractivity contribution in [1.29, 1.82) is 0 Å². The van der Waals surface area contributed by atoms with Gasteiger partial charge in [-0.3, -0.25) is 9.59 Å². The number of nitrogens with zero attached hydrogens (tertiary/aromatic N) is 1. The lowest BCUT2D eigenvalue weighted by Gasteiger charge is -2.24. The van der Waals surface area contributed by atoms with Crippen LogP contribution in [0.4, 0.5) is 0 Å². The maximum Gasteiger partial charge on any atom is 0.295 e. The van der Waals surface area contributed by atoms with Crippen molar-refractivity contribution in [2.24, 2.45) is 0 Å². The smallest absolute Gasteiger partial charge is 0.295 e. The highest BCUT2D eigenvalue weighted by molar-refractivity contribution is 6.46. The highest BCUT2D eigenvalue weighted by atomic mass is 16.5. The number of aromatic amines is 1. The molecule has 1 fully saturated rings. The molecule has 0 saturated carbocycles. The van der Waals surface area contributed by atoms with Crippen molar-refractivity contribution < 1.29 is 19.4 Å². The molecular formula is C22H20N2O4. The Kier molecular flexibility index (Phi) is 4.71. The number of fused-ring (bicyclic) bond motifs is 1. The second-order valence-electron chi connectivity index (χ2n) is 6.64. The van der Waals surface area contributed by atoms with Gasteiger partial charge >= 0.3 is 0 Å². The Balaban J connectivity index is 1.90. The number of benzene rings is 2. The Hall–Kier alpha value is -3.38. The fourth-order valence-corrected chi connectivity index (χ4v) is 3.69. The van der Waals surface area contributed by atoms with Crippen molar-refractivity contribution in [3.05, 3.63) is 77.5 Å². The summed E-state index contributed by atoms with van der Waals surface area (Å²) in [5, 5.41) is 11.9. The number of para-hydroxylation sites is 1. The summed E-state index contributed by atoms with van der Waals surface area (Å²) in [5.74, 6) is -1.50. The summed E-state index contributed by atoms with van der Waals surface area (Å²) in [4.78, 5) is 30.1. The zero-order valence-corrected chi connectivity index (χ0v) is 15.4. The normalized spacial score (nSPS) is 18.9. The Morgan fingerprint density at radius 1 is 1.11 bits per heavy atom. The third-order valence-corrected chi connectivity index (χ3v) is 5.04. The molecule has 0 radical (unpaired) electrons. The van der Waals surface area contributed by atoms with Gasteiger partial charge in [-0.2, -0.15) is 0 Å². The molecule has 0 aliphatic carbocycles.